The minimum absolute atomic E-state index is 0.0457. The molecule has 2 atom stereocenters. The van der Waals surface area contributed by atoms with Crippen LogP contribution in [0.2, 0.25) is 0 Å². The smallest absolute Gasteiger partial charge is 0.256 e. The molecule has 0 saturated heterocycles. The first-order valence-corrected chi connectivity index (χ1v) is 9.37. The summed E-state index contributed by atoms with van der Waals surface area (Å²) in [7, 11) is 0. The second-order valence-corrected chi connectivity index (χ2v) is 8.96. The molecule has 3 heterocycles. The van der Waals surface area contributed by atoms with Gasteiger partial charge in [-0.25, -0.2) is 0 Å². The number of aromatic nitrogens is 1. The zero-order chi connectivity index (χ0) is 16.9. The molecule has 4 rings (SSSR count). The molecule has 1 aliphatic heterocycles. The highest BCUT2D eigenvalue weighted by Crippen LogP contribution is 2.45. The normalized spacial score (nSPS) is 23.0. The van der Waals surface area contributed by atoms with Crippen molar-refractivity contribution in [3.8, 4) is 0 Å². The molecule has 1 amide bonds. The van der Waals surface area contributed by atoms with E-state index in [2.05, 4.69) is 36.4 Å². The zero-order valence-corrected chi connectivity index (χ0v) is 15.2. The van der Waals surface area contributed by atoms with E-state index < -0.39 is 0 Å². The van der Waals surface area contributed by atoms with Crippen LogP contribution in [0.25, 0.3) is 0 Å². The van der Waals surface area contributed by atoms with E-state index in [0.29, 0.717) is 11.3 Å². The first kappa shape index (κ1) is 15.6. The summed E-state index contributed by atoms with van der Waals surface area (Å²) >= 11 is 1.77. The monoisotopic (exact) mass is 341 g/mol. The van der Waals surface area contributed by atoms with Crippen molar-refractivity contribution in [2.24, 2.45) is 11.3 Å². The van der Waals surface area contributed by atoms with Crippen molar-refractivity contribution in [3.63, 3.8) is 0 Å². The summed E-state index contributed by atoms with van der Waals surface area (Å²) in [5.41, 5.74) is 3.44. The highest BCUT2D eigenvalue weighted by atomic mass is 32.1. The Hall–Kier alpha value is -1.88. The molecule has 2 aromatic rings. The third kappa shape index (κ3) is 2.61. The number of hydrogen-bond acceptors (Lipinski definition) is 4. The lowest BCUT2D eigenvalue weighted by Crippen LogP contribution is -2.38. The number of pyridine rings is 1. The van der Waals surface area contributed by atoms with Gasteiger partial charge in [-0.2, -0.15) is 0 Å². The van der Waals surface area contributed by atoms with Gasteiger partial charge < -0.3 is 10.6 Å². The molecule has 0 fully saturated rings. The molecule has 24 heavy (non-hydrogen) atoms. The lowest BCUT2D eigenvalue weighted by atomic mass is 9.72. The summed E-state index contributed by atoms with van der Waals surface area (Å²) in [5, 5.41) is 7.60. The Morgan fingerprint density at radius 2 is 2.12 bits per heavy atom. The van der Waals surface area contributed by atoms with Gasteiger partial charge in [0.1, 0.15) is 11.2 Å². The Morgan fingerprint density at radius 3 is 2.83 bits per heavy atom. The van der Waals surface area contributed by atoms with E-state index in [1.807, 2.05) is 12.1 Å². The Labute approximate surface area is 146 Å². The highest BCUT2D eigenvalue weighted by Gasteiger charge is 2.36. The topological polar surface area (TPSA) is 54.0 Å². The third-order valence-electron chi connectivity index (χ3n) is 5.29. The fourth-order valence-corrected chi connectivity index (χ4v) is 5.10. The van der Waals surface area contributed by atoms with Crippen molar-refractivity contribution in [2.75, 3.05) is 5.32 Å². The molecule has 0 spiro atoms. The number of fused-ring (bicyclic) bond motifs is 3. The Balaban J connectivity index is 1.66. The number of hydrogen-bond donors (Lipinski definition) is 2. The molecule has 2 N–H and O–H groups in total. The van der Waals surface area contributed by atoms with Crippen molar-refractivity contribution < 1.29 is 4.79 Å². The van der Waals surface area contributed by atoms with Gasteiger partial charge in [0.2, 0.25) is 0 Å². The minimum atomic E-state index is -0.197. The maximum absolute atomic E-state index is 12.7. The van der Waals surface area contributed by atoms with Gasteiger partial charge in [-0.3, -0.25) is 9.78 Å². The maximum Gasteiger partial charge on any atom is 0.256 e. The molecule has 4 nitrogen and oxygen atoms in total. The van der Waals surface area contributed by atoms with E-state index in [1.54, 1.807) is 23.7 Å². The number of carbonyl (C=O) groups is 1. The lowest BCUT2D eigenvalue weighted by molar-refractivity contribution is 0.0935. The van der Waals surface area contributed by atoms with Gasteiger partial charge in [0.15, 0.2) is 0 Å². The van der Waals surface area contributed by atoms with Gasteiger partial charge in [0.25, 0.3) is 5.91 Å². The molecule has 0 unspecified atom stereocenters. The predicted molar refractivity (Wildman–Crippen MR) is 97.4 cm³/mol. The standard InChI is InChI=1S/C19H23N3OS/c1-19(2,3)12-6-7-13-14(9-12)24-18-15(13)17(23)21-16(22-18)11-5-4-8-20-10-11/h4-5,8,10,12,16,22H,6-7,9H2,1-3H3,(H,21,23)/t12-,16-/m0/s1. The van der Waals surface area contributed by atoms with E-state index >= 15 is 0 Å². The summed E-state index contributed by atoms with van der Waals surface area (Å²) in [6.45, 7) is 6.96. The Morgan fingerprint density at radius 1 is 1.29 bits per heavy atom. The third-order valence-corrected chi connectivity index (χ3v) is 6.47. The van der Waals surface area contributed by atoms with Gasteiger partial charge in [0.05, 0.1) is 5.56 Å². The molecular weight excluding hydrogens is 318 g/mol. The largest absolute Gasteiger partial charge is 0.353 e. The summed E-state index contributed by atoms with van der Waals surface area (Å²) in [5.74, 6) is 0.728. The molecule has 0 bridgehead atoms. The second-order valence-electron chi connectivity index (χ2n) is 7.85. The van der Waals surface area contributed by atoms with Crippen molar-refractivity contribution in [1.29, 1.82) is 0 Å². The summed E-state index contributed by atoms with van der Waals surface area (Å²) < 4.78 is 0. The van der Waals surface area contributed by atoms with Crippen LogP contribution in [-0.2, 0) is 12.8 Å². The van der Waals surface area contributed by atoms with Crippen LogP contribution >= 0.6 is 11.3 Å². The molecular formula is C19H23N3OS. The van der Waals surface area contributed by atoms with Crippen LogP contribution in [0.1, 0.15) is 59.7 Å². The predicted octanol–water partition coefficient (Wildman–Crippen LogP) is 4.15. The number of nitrogens with one attached hydrogen (secondary N) is 2. The number of amides is 1. The average Bonchev–Trinajstić information content (AvgIpc) is 2.92. The Kier molecular flexibility index (Phi) is 3.64. The zero-order valence-electron chi connectivity index (χ0n) is 14.3. The SMILES string of the molecule is CC(C)(C)[C@H]1CCc2c(sc3c2C(=O)N[C@H](c2cccnc2)N3)C1. The van der Waals surface area contributed by atoms with Crippen LogP contribution < -0.4 is 10.6 Å². The average molecular weight is 341 g/mol. The van der Waals surface area contributed by atoms with E-state index in [-0.39, 0.29) is 12.1 Å². The van der Waals surface area contributed by atoms with Crippen LogP contribution in [-0.4, -0.2) is 10.9 Å². The number of rotatable bonds is 1. The van der Waals surface area contributed by atoms with Crippen LogP contribution in [0, 0.1) is 11.3 Å². The van der Waals surface area contributed by atoms with E-state index in [4.69, 9.17) is 0 Å². The first-order valence-electron chi connectivity index (χ1n) is 8.55. The summed E-state index contributed by atoms with van der Waals surface area (Å²) in [6, 6.07) is 3.88. The van der Waals surface area contributed by atoms with Gasteiger partial charge in [-0.1, -0.05) is 26.8 Å². The van der Waals surface area contributed by atoms with Crippen molar-refractivity contribution in [3.05, 3.63) is 46.1 Å². The van der Waals surface area contributed by atoms with Crippen LogP contribution in [0.5, 0.6) is 0 Å². The summed E-state index contributed by atoms with van der Waals surface area (Å²) in [4.78, 5) is 18.3. The molecule has 2 aliphatic rings. The first-order chi connectivity index (χ1) is 11.4. The van der Waals surface area contributed by atoms with Crippen molar-refractivity contribution in [2.45, 2.75) is 46.2 Å². The molecule has 126 valence electrons. The number of carbonyl (C=O) groups excluding carboxylic acids is 1. The number of anilines is 1. The minimum Gasteiger partial charge on any atom is -0.353 e. The van der Waals surface area contributed by atoms with E-state index in [1.165, 1.54) is 16.9 Å². The van der Waals surface area contributed by atoms with E-state index in [9.17, 15) is 4.79 Å². The molecule has 2 aromatic heterocycles. The van der Waals surface area contributed by atoms with Crippen LogP contribution in [0.3, 0.4) is 0 Å². The van der Waals surface area contributed by atoms with Crippen LogP contribution in [0.15, 0.2) is 24.5 Å². The number of thiophene rings is 1. The fourth-order valence-electron chi connectivity index (χ4n) is 3.75. The lowest BCUT2D eigenvalue weighted by Gasteiger charge is -2.34. The van der Waals surface area contributed by atoms with Crippen LogP contribution in [0.4, 0.5) is 5.00 Å². The van der Waals surface area contributed by atoms with Gasteiger partial charge in [0, 0.05) is 22.8 Å². The second kappa shape index (κ2) is 5.59. The quantitative estimate of drug-likeness (QED) is 0.819. The molecule has 1 aliphatic carbocycles. The van der Waals surface area contributed by atoms with Gasteiger partial charge in [-0.15, -0.1) is 11.3 Å². The fraction of sp³-hybridized carbons (Fsp3) is 0.474. The molecule has 5 heteroatoms. The number of nitrogens with zero attached hydrogens (tertiary/aromatic N) is 1. The highest BCUT2D eigenvalue weighted by molar-refractivity contribution is 7.16. The molecule has 0 saturated carbocycles. The van der Waals surface area contributed by atoms with Crippen molar-refractivity contribution in [1.82, 2.24) is 10.3 Å². The summed E-state index contributed by atoms with van der Waals surface area (Å²) in [6.07, 6.45) is 6.61. The molecule has 0 radical (unpaired) electrons. The van der Waals surface area contributed by atoms with Gasteiger partial charge >= 0.3 is 0 Å². The van der Waals surface area contributed by atoms with Crippen molar-refractivity contribution >= 4 is 22.2 Å². The Bertz CT molecular complexity index is 776. The van der Waals surface area contributed by atoms with Gasteiger partial charge in [-0.05, 0) is 42.2 Å². The maximum atomic E-state index is 12.7. The van der Waals surface area contributed by atoms with E-state index in [0.717, 1.165) is 29.0 Å². The molecule has 0 aromatic carbocycles.